The highest BCUT2D eigenvalue weighted by molar-refractivity contribution is 5.15. The van der Waals surface area contributed by atoms with Crippen LogP contribution in [0.5, 0.6) is 0 Å². The third-order valence-corrected chi connectivity index (χ3v) is 6.31. The molecule has 1 aromatic heterocycles. The van der Waals surface area contributed by atoms with E-state index in [0.29, 0.717) is 16.7 Å². The number of nitrogens with zero attached hydrogens (tertiary/aromatic N) is 1. The van der Waals surface area contributed by atoms with Gasteiger partial charge in [-0.05, 0) is 23.6 Å². The van der Waals surface area contributed by atoms with Gasteiger partial charge >= 0.3 is 5.69 Å². The lowest BCUT2D eigenvalue weighted by Gasteiger charge is -2.25. The van der Waals surface area contributed by atoms with E-state index in [9.17, 15) is 9.59 Å². The van der Waals surface area contributed by atoms with Crippen LogP contribution in [0, 0.1) is 6.92 Å². The molecule has 4 aromatic rings. The number of hydrogen-bond donors (Lipinski definition) is 1. The highest BCUT2D eigenvalue weighted by Gasteiger charge is 2.48. The summed E-state index contributed by atoms with van der Waals surface area (Å²) in [4.78, 5) is 27.4. The molecule has 1 aliphatic rings. The summed E-state index contributed by atoms with van der Waals surface area (Å²) in [5.74, 6) is 0. The van der Waals surface area contributed by atoms with Crippen LogP contribution in [-0.2, 0) is 38.7 Å². The number of hydrogen-bond acceptors (Lipinski definition) is 6. The average molecular weight is 532 g/mol. The molecule has 1 aliphatic heterocycles. The zero-order chi connectivity index (χ0) is 29.6. The molecule has 0 bridgehead atoms. The van der Waals surface area contributed by atoms with Crippen LogP contribution in [0.1, 0.15) is 32.6 Å². The van der Waals surface area contributed by atoms with E-state index in [4.69, 9.17) is 23.1 Å². The number of ether oxygens (including phenoxy) is 4. The highest BCUT2D eigenvalue weighted by Crippen LogP contribution is 2.34. The number of aromatic nitrogens is 2. The van der Waals surface area contributed by atoms with Crippen molar-refractivity contribution in [1.29, 1.82) is 0 Å². The summed E-state index contributed by atoms with van der Waals surface area (Å²) in [7, 11) is 0. The van der Waals surface area contributed by atoms with Gasteiger partial charge in [0.2, 0.25) is 0 Å². The van der Waals surface area contributed by atoms with E-state index in [1.807, 2.05) is 30.3 Å². The second kappa shape index (κ2) is 12.8. The Morgan fingerprint density at radius 3 is 1.87 bits per heavy atom. The molecule has 8 nitrogen and oxygen atoms in total. The standard InChI is InChI=1S/C31H32N2O6/c1-22-17-33(31(35)32-29(22)34)30-28(38-20-25-15-9-4-10-16-25)27(37-19-24-13-7-3-8-14-24)26(39-30)21-36-18-23-11-5-2-6-12-23/h2-17,26-28,30H,18-21H2,1H3,(H,32,34,35)/t26-,27-,28-,30?/m1/s1/i18D,19D,20D/t18?,19?,20?,26-,27-,28-,30?. The molecule has 8 heteroatoms. The summed E-state index contributed by atoms with van der Waals surface area (Å²) in [6.45, 7) is -1.92. The highest BCUT2D eigenvalue weighted by atomic mass is 16.6. The predicted molar refractivity (Wildman–Crippen MR) is 146 cm³/mol. The van der Waals surface area contributed by atoms with Crippen LogP contribution in [0.3, 0.4) is 0 Å². The van der Waals surface area contributed by atoms with E-state index in [2.05, 4.69) is 4.98 Å². The van der Waals surface area contributed by atoms with E-state index in [-0.39, 0.29) is 12.2 Å². The Labute approximate surface area is 231 Å². The van der Waals surface area contributed by atoms with Gasteiger partial charge in [0, 0.05) is 11.8 Å². The summed E-state index contributed by atoms with van der Waals surface area (Å²) >= 11 is 0. The number of nitrogens with one attached hydrogen (secondary N) is 1. The summed E-state index contributed by atoms with van der Waals surface area (Å²) in [6.07, 6.45) is -2.71. The molecule has 7 atom stereocenters. The Morgan fingerprint density at radius 2 is 1.31 bits per heavy atom. The van der Waals surface area contributed by atoms with Crippen molar-refractivity contribution in [3.63, 3.8) is 0 Å². The van der Waals surface area contributed by atoms with Crippen LogP contribution in [0.4, 0.5) is 0 Å². The molecule has 3 aromatic carbocycles. The first-order chi connectivity index (χ1) is 20.3. The normalized spacial score (nSPS) is 24.3. The lowest BCUT2D eigenvalue weighted by molar-refractivity contribution is -0.0921. The first kappa shape index (κ1) is 23.1. The zero-order valence-electron chi connectivity index (χ0n) is 24.4. The van der Waals surface area contributed by atoms with E-state index < -0.39 is 55.5 Å². The Bertz CT molecular complexity index is 1550. The fraction of sp³-hybridized carbons (Fsp3) is 0.290. The summed E-state index contributed by atoms with van der Waals surface area (Å²) in [5.41, 5.74) is 0.821. The van der Waals surface area contributed by atoms with Crippen LogP contribution in [0.2, 0.25) is 0 Å². The van der Waals surface area contributed by atoms with Crippen molar-refractivity contribution in [2.24, 2.45) is 0 Å². The van der Waals surface area contributed by atoms with Crippen molar-refractivity contribution in [3.05, 3.63) is 140 Å². The van der Waals surface area contributed by atoms with Crippen LogP contribution in [-0.4, -0.2) is 34.5 Å². The van der Waals surface area contributed by atoms with Crippen LogP contribution in [0.25, 0.3) is 0 Å². The van der Waals surface area contributed by atoms with Crippen molar-refractivity contribution < 1.29 is 23.1 Å². The number of rotatable bonds is 11. The molecule has 0 saturated carbocycles. The molecule has 1 saturated heterocycles. The van der Waals surface area contributed by atoms with Gasteiger partial charge in [-0.3, -0.25) is 14.3 Å². The molecule has 4 unspecified atom stereocenters. The minimum absolute atomic E-state index is 0.128. The van der Waals surface area contributed by atoms with E-state index in [1.165, 1.54) is 10.8 Å². The van der Waals surface area contributed by atoms with Gasteiger partial charge in [0.1, 0.15) is 18.3 Å². The molecule has 1 fully saturated rings. The summed E-state index contributed by atoms with van der Waals surface area (Å²) < 4.78 is 51.9. The monoisotopic (exact) mass is 531 g/mol. The summed E-state index contributed by atoms with van der Waals surface area (Å²) in [5, 5.41) is 0. The number of aromatic amines is 1. The molecule has 2 heterocycles. The Morgan fingerprint density at radius 1 is 0.795 bits per heavy atom. The molecule has 0 spiro atoms. The Balaban J connectivity index is 1.50. The lowest BCUT2D eigenvalue weighted by atomic mass is 10.1. The van der Waals surface area contributed by atoms with E-state index in [0.717, 1.165) is 0 Å². The van der Waals surface area contributed by atoms with Crippen molar-refractivity contribution >= 4 is 0 Å². The molecular formula is C31H32N2O6. The Hall–Kier alpha value is -3.82. The van der Waals surface area contributed by atoms with Gasteiger partial charge in [0.25, 0.3) is 5.56 Å². The fourth-order valence-corrected chi connectivity index (χ4v) is 4.30. The molecule has 1 N–H and O–H groups in total. The van der Waals surface area contributed by atoms with Gasteiger partial charge in [-0.1, -0.05) is 91.0 Å². The van der Waals surface area contributed by atoms with Crippen molar-refractivity contribution in [3.8, 4) is 0 Å². The number of H-pyrrole nitrogens is 1. The van der Waals surface area contributed by atoms with Crippen molar-refractivity contribution in [1.82, 2.24) is 9.55 Å². The maximum absolute atomic E-state index is 13.0. The number of benzene rings is 3. The van der Waals surface area contributed by atoms with E-state index in [1.54, 1.807) is 67.6 Å². The SMILES string of the molecule is [2H]C(OC[C@H]1OC(n2cc(C)c(=O)[nH]c2=O)[C@H](OC([2H])c2ccccc2)[C@@H]1OC([2H])c1ccccc1)c1ccccc1. The smallest absolute Gasteiger partial charge is 0.330 e. The van der Waals surface area contributed by atoms with Gasteiger partial charge < -0.3 is 18.9 Å². The first-order valence-electron chi connectivity index (χ1n) is 14.4. The maximum Gasteiger partial charge on any atom is 0.330 e. The fourth-order valence-electron chi connectivity index (χ4n) is 4.30. The first-order valence-corrected chi connectivity index (χ1v) is 12.6. The van der Waals surface area contributed by atoms with Crippen LogP contribution >= 0.6 is 0 Å². The lowest BCUT2D eigenvalue weighted by Crippen LogP contribution is -2.41. The second-order valence-corrected chi connectivity index (χ2v) is 9.16. The third kappa shape index (κ3) is 6.79. The molecule has 0 aliphatic carbocycles. The van der Waals surface area contributed by atoms with Gasteiger partial charge in [-0.25, -0.2) is 4.79 Å². The molecule has 202 valence electrons. The van der Waals surface area contributed by atoms with Gasteiger partial charge in [0.05, 0.1) is 30.5 Å². The largest absolute Gasteiger partial charge is 0.374 e. The van der Waals surface area contributed by atoms with Crippen molar-refractivity contribution in [2.45, 2.75) is 51.2 Å². The molecule has 0 radical (unpaired) electrons. The molecule has 5 rings (SSSR count). The quantitative estimate of drug-likeness (QED) is 0.313. The van der Waals surface area contributed by atoms with Gasteiger partial charge in [-0.15, -0.1) is 0 Å². The van der Waals surface area contributed by atoms with E-state index >= 15 is 0 Å². The zero-order valence-corrected chi connectivity index (χ0v) is 21.4. The summed E-state index contributed by atoms with van der Waals surface area (Å²) in [6, 6.07) is 26.9. The van der Waals surface area contributed by atoms with Crippen molar-refractivity contribution in [2.75, 3.05) is 6.61 Å². The topological polar surface area (TPSA) is 91.8 Å². The molecular weight excluding hydrogens is 496 g/mol. The van der Waals surface area contributed by atoms with Crippen LogP contribution in [0.15, 0.2) is 107 Å². The molecule has 0 amide bonds. The minimum atomic E-state index is -1.18. The second-order valence-electron chi connectivity index (χ2n) is 9.16. The number of aryl methyl sites for hydroxylation is 1. The average Bonchev–Trinajstić information content (AvgIpc) is 3.34. The van der Waals surface area contributed by atoms with Crippen LogP contribution < -0.4 is 11.2 Å². The minimum Gasteiger partial charge on any atom is -0.374 e. The predicted octanol–water partition coefficient (Wildman–Crippen LogP) is 4.13. The van der Waals surface area contributed by atoms with Gasteiger partial charge in [0.15, 0.2) is 6.23 Å². The maximum atomic E-state index is 13.0. The third-order valence-electron chi connectivity index (χ3n) is 6.31. The molecule has 39 heavy (non-hydrogen) atoms. The Kier molecular flexibility index (Phi) is 7.59. The van der Waals surface area contributed by atoms with Gasteiger partial charge in [-0.2, -0.15) is 0 Å².